The lowest BCUT2D eigenvalue weighted by atomic mass is 9.90. The van der Waals surface area contributed by atoms with Crippen LogP contribution in [0.5, 0.6) is 17.2 Å². The van der Waals surface area contributed by atoms with E-state index in [0.717, 1.165) is 11.0 Å². The van der Waals surface area contributed by atoms with Crippen LogP contribution >= 0.6 is 0 Å². The number of benzene rings is 2. The van der Waals surface area contributed by atoms with Crippen molar-refractivity contribution in [1.29, 1.82) is 0 Å². The van der Waals surface area contributed by atoms with Crippen molar-refractivity contribution in [2.45, 2.75) is 83.1 Å². The molecule has 1 aliphatic heterocycles. The number of amides is 3. The number of carbonyl (C=O) groups excluding carboxylic acids is 2. The van der Waals surface area contributed by atoms with Gasteiger partial charge in [-0.3, -0.25) is 14.7 Å². The molecule has 3 aromatic rings. The Labute approximate surface area is 261 Å². The normalized spacial score (nSPS) is 18.2. The number of halogens is 6. The van der Waals surface area contributed by atoms with Crippen molar-refractivity contribution in [3.05, 3.63) is 83.2 Å². The molecule has 2 N–H and O–H groups in total. The van der Waals surface area contributed by atoms with Crippen molar-refractivity contribution in [3.8, 4) is 17.2 Å². The predicted octanol–water partition coefficient (Wildman–Crippen LogP) is 7.45. The minimum atomic E-state index is -6.03. The summed E-state index contributed by atoms with van der Waals surface area (Å²) in [6.07, 6.45) is -10.4. The van der Waals surface area contributed by atoms with Crippen LogP contribution in [0.3, 0.4) is 0 Å². The van der Waals surface area contributed by atoms with Crippen LogP contribution in [0.2, 0.25) is 0 Å². The molecule has 0 radical (unpaired) electrons. The maximum Gasteiger partial charge on any atom is 0.430 e. The van der Waals surface area contributed by atoms with Crippen LogP contribution in [0.4, 0.5) is 31.1 Å². The summed E-state index contributed by atoms with van der Waals surface area (Å²) in [5, 5.41) is 12.6. The maximum atomic E-state index is 13.6. The van der Waals surface area contributed by atoms with Crippen LogP contribution in [-0.4, -0.2) is 45.4 Å². The Bertz CT molecular complexity index is 1580. The Morgan fingerprint density at radius 1 is 0.935 bits per heavy atom. The van der Waals surface area contributed by atoms with Crippen LogP contribution in [0.15, 0.2) is 60.8 Å². The summed E-state index contributed by atoms with van der Waals surface area (Å²) >= 11 is 0. The molecule has 1 saturated heterocycles. The van der Waals surface area contributed by atoms with Gasteiger partial charge in [0.2, 0.25) is 0 Å². The molecule has 14 heteroatoms. The van der Waals surface area contributed by atoms with Crippen molar-refractivity contribution >= 4 is 11.9 Å². The SMILES string of the molecule is CCCc1cc(C(O)(C(F)(F)F)C(F)(F)F)ccc1Oc1ccnc(C(C)N2C(=O)NC(C)(c3ccc(OC(C)C)cc3)C2=O)c1. The first-order valence-corrected chi connectivity index (χ1v) is 14.4. The van der Waals surface area contributed by atoms with E-state index in [0.29, 0.717) is 29.9 Å². The minimum absolute atomic E-state index is 0.00647. The van der Waals surface area contributed by atoms with Crippen molar-refractivity contribution in [3.63, 3.8) is 0 Å². The summed E-state index contributed by atoms with van der Waals surface area (Å²) in [5.74, 6) is 0.103. The number of nitrogens with one attached hydrogen (secondary N) is 1. The van der Waals surface area contributed by atoms with Gasteiger partial charge in [0.15, 0.2) is 0 Å². The molecule has 2 atom stereocenters. The number of carbonyl (C=O) groups is 2. The van der Waals surface area contributed by atoms with Gasteiger partial charge in [0, 0.05) is 17.8 Å². The van der Waals surface area contributed by atoms with Gasteiger partial charge < -0.3 is 19.9 Å². The molecule has 3 amide bonds. The van der Waals surface area contributed by atoms with E-state index in [-0.39, 0.29) is 35.3 Å². The summed E-state index contributed by atoms with van der Waals surface area (Å²) in [4.78, 5) is 32.0. The molecule has 2 aromatic carbocycles. The third kappa shape index (κ3) is 6.35. The Morgan fingerprint density at radius 3 is 2.13 bits per heavy atom. The summed E-state index contributed by atoms with van der Waals surface area (Å²) in [7, 11) is 0. The molecular weight excluding hydrogens is 620 g/mol. The first-order chi connectivity index (χ1) is 21.3. The second-order valence-electron chi connectivity index (χ2n) is 11.4. The van der Waals surface area contributed by atoms with Gasteiger partial charge in [-0.05, 0) is 75.6 Å². The van der Waals surface area contributed by atoms with Crippen molar-refractivity contribution in [1.82, 2.24) is 15.2 Å². The number of nitrogens with zero attached hydrogens (tertiary/aromatic N) is 2. The zero-order chi connectivity index (χ0) is 34.2. The molecule has 2 heterocycles. The van der Waals surface area contributed by atoms with Crippen molar-refractivity contribution in [2.24, 2.45) is 0 Å². The summed E-state index contributed by atoms with van der Waals surface area (Å²) in [6, 6.07) is 10.1. The summed E-state index contributed by atoms with van der Waals surface area (Å²) in [5.41, 5.74) is -7.12. The summed E-state index contributed by atoms with van der Waals surface area (Å²) in [6.45, 7) is 8.56. The van der Waals surface area contributed by atoms with E-state index < -0.39 is 47.0 Å². The zero-order valence-electron chi connectivity index (χ0n) is 25.6. The van der Waals surface area contributed by atoms with Gasteiger partial charge in [-0.1, -0.05) is 31.5 Å². The van der Waals surface area contributed by atoms with E-state index in [9.17, 15) is 41.0 Å². The first kappa shape index (κ1) is 34.5. The molecule has 1 aromatic heterocycles. The quantitative estimate of drug-likeness (QED) is 0.174. The van der Waals surface area contributed by atoms with Crippen molar-refractivity contribution < 1.29 is 50.5 Å². The number of imide groups is 1. The average Bonchev–Trinajstić information content (AvgIpc) is 3.20. The molecule has 0 bridgehead atoms. The molecule has 0 saturated carbocycles. The highest BCUT2D eigenvalue weighted by Crippen LogP contribution is 2.50. The highest BCUT2D eigenvalue weighted by molar-refractivity contribution is 6.07. The van der Waals surface area contributed by atoms with Crippen LogP contribution in [-0.2, 0) is 22.4 Å². The Hall–Kier alpha value is -4.33. The van der Waals surface area contributed by atoms with Gasteiger partial charge >= 0.3 is 18.4 Å². The number of aromatic nitrogens is 1. The van der Waals surface area contributed by atoms with E-state index in [1.165, 1.54) is 18.3 Å². The van der Waals surface area contributed by atoms with E-state index in [1.807, 2.05) is 13.8 Å². The number of hydrogen-bond acceptors (Lipinski definition) is 6. The van der Waals surface area contributed by atoms with Crippen LogP contribution < -0.4 is 14.8 Å². The van der Waals surface area contributed by atoms with E-state index in [2.05, 4.69) is 10.3 Å². The smallest absolute Gasteiger partial charge is 0.430 e. The molecule has 1 aliphatic rings. The van der Waals surface area contributed by atoms with Gasteiger partial charge in [0.25, 0.3) is 11.5 Å². The Balaban J connectivity index is 1.60. The number of aliphatic hydroxyl groups is 1. The van der Waals surface area contributed by atoms with E-state index >= 15 is 0 Å². The molecule has 4 rings (SSSR count). The fourth-order valence-corrected chi connectivity index (χ4v) is 5.18. The van der Waals surface area contributed by atoms with Crippen LogP contribution in [0, 0.1) is 0 Å². The van der Waals surface area contributed by atoms with Crippen LogP contribution in [0.1, 0.15) is 69.5 Å². The minimum Gasteiger partial charge on any atom is -0.491 e. The average molecular weight is 654 g/mol. The third-order valence-electron chi connectivity index (χ3n) is 7.64. The number of pyridine rings is 1. The van der Waals surface area contributed by atoms with Gasteiger partial charge in [-0.2, -0.15) is 26.3 Å². The standard InChI is InChI=1S/C32H33F6N3O5/c1-6-7-20-16-22(30(44,31(33,34)35)32(36,37)38)10-13-26(20)46-24-14-15-39-25(17-24)19(4)41-27(42)29(5,40-28(41)43)21-8-11-23(12-9-21)45-18(2)3/h8-19,44H,6-7H2,1-5H3,(H,40,43). The lowest BCUT2D eigenvalue weighted by molar-refractivity contribution is -0.376. The third-order valence-corrected chi connectivity index (χ3v) is 7.64. The zero-order valence-corrected chi connectivity index (χ0v) is 25.6. The molecule has 8 nitrogen and oxygen atoms in total. The van der Waals surface area contributed by atoms with Gasteiger partial charge in [0.1, 0.15) is 22.8 Å². The predicted molar refractivity (Wildman–Crippen MR) is 154 cm³/mol. The number of aryl methyl sites for hydroxylation is 1. The largest absolute Gasteiger partial charge is 0.491 e. The molecule has 46 heavy (non-hydrogen) atoms. The van der Waals surface area contributed by atoms with Crippen LogP contribution in [0.25, 0.3) is 0 Å². The highest BCUT2D eigenvalue weighted by atomic mass is 19.4. The number of urea groups is 1. The number of rotatable bonds is 10. The fourth-order valence-electron chi connectivity index (χ4n) is 5.18. The number of hydrogen-bond donors (Lipinski definition) is 2. The van der Waals surface area contributed by atoms with Crippen molar-refractivity contribution in [2.75, 3.05) is 0 Å². The Morgan fingerprint density at radius 2 is 1.57 bits per heavy atom. The molecule has 2 unspecified atom stereocenters. The van der Waals surface area contributed by atoms with E-state index in [1.54, 1.807) is 45.0 Å². The molecule has 1 fully saturated rings. The topological polar surface area (TPSA) is 101 Å². The second kappa shape index (κ2) is 12.5. The number of alkyl halides is 6. The molecule has 0 spiro atoms. The monoisotopic (exact) mass is 653 g/mol. The lowest BCUT2D eigenvalue weighted by Crippen LogP contribution is -2.53. The maximum absolute atomic E-state index is 13.6. The first-order valence-electron chi connectivity index (χ1n) is 14.4. The fraction of sp³-hybridized carbons (Fsp3) is 0.406. The van der Waals surface area contributed by atoms with E-state index in [4.69, 9.17) is 9.47 Å². The van der Waals surface area contributed by atoms with Gasteiger partial charge in [-0.15, -0.1) is 0 Å². The molecule has 0 aliphatic carbocycles. The molecular formula is C32H33F6N3O5. The van der Waals surface area contributed by atoms with Gasteiger partial charge in [0.05, 0.1) is 17.8 Å². The molecule has 248 valence electrons. The second-order valence-corrected chi connectivity index (χ2v) is 11.4. The lowest BCUT2D eigenvalue weighted by Gasteiger charge is -2.33. The Kier molecular flexibility index (Phi) is 9.36. The van der Waals surface area contributed by atoms with Gasteiger partial charge in [-0.25, -0.2) is 4.79 Å². The summed E-state index contributed by atoms with van der Waals surface area (Å²) < 4.78 is 92.4. The number of ether oxygens (including phenoxy) is 2. The highest BCUT2D eigenvalue weighted by Gasteiger charge is 2.71.